The molecule has 2 rings (SSSR count). The van der Waals surface area contributed by atoms with Crippen LogP contribution in [0, 0.1) is 6.92 Å². The Morgan fingerprint density at radius 3 is 2.75 bits per heavy atom. The van der Waals surface area contributed by atoms with E-state index in [1.54, 1.807) is 18.0 Å². The van der Waals surface area contributed by atoms with Gasteiger partial charge >= 0.3 is 0 Å². The van der Waals surface area contributed by atoms with E-state index < -0.39 is 0 Å². The van der Waals surface area contributed by atoms with Crippen molar-refractivity contribution in [2.45, 2.75) is 13.5 Å². The van der Waals surface area contributed by atoms with Crippen molar-refractivity contribution >= 4 is 5.82 Å². The Morgan fingerprint density at radius 2 is 2.25 bits per heavy atom. The molecule has 0 aliphatic rings. The highest BCUT2D eigenvalue weighted by atomic mass is 16.5. The van der Waals surface area contributed by atoms with Crippen molar-refractivity contribution in [2.24, 2.45) is 0 Å². The minimum atomic E-state index is 0.605. The van der Waals surface area contributed by atoms with Gasteiger partial charge in [0.2, 0.25) is 5.88 Å². The van der Waals surface area contributed by atoms with Gasteiger partial charge in [-0.3, -0.25) is 0 Å². The molecule has 0 atom stereocenters. The minimum Gasteiger partial charge on any atom is -0.481 e. The van der Waals surface area contributed by atoms with Crippen LogP contribution in [0.3, 0.4) is 0 Å². The highest BCUT2D eigenvalue weighted by Crippen LogP contribution is 2.11. The zero-order chi connectivity index (χ0) is 11.5. The second-order valence-electron chi connectivity index (χ2n) is 3.58. The number of hydrogen-bond donors (Lipinski definition) is 1. The molecule has 0 saturated carbocycles. The first-order valence-corrected chi connectivity index (χ1v) is 4.98. The van der Waals surface area contributed by atoms with E-state index in [1.807, 2.05) is 25.1 Å². The summed E-state index contributed by atoms with van der Waals surface area (Å²) in [5.74, 6) is 1.27. The molecule has 0 spiro atoms. The quantitative estimate of drug-likeness (QED) is 0.841. The molecule has 0 aliphatic heterocycles. The van der Waals surface area contributed by atoms with E-state index in [-0.39, 0.29) is 0 Å². The van der Waals surface area contributed by atoms with Crippen LogP contribution in [0.15, 0.2) is 24.4 Å². The average molecular weight is 218 g/mol. The van der Waals surface area contributed by atoms with E-state index in [4.69, 9.17) is 10.5 Å². The fourth-order valence-electron chi connectivity index (χ4n) is 1.49. The van der Waals surface area contributed by atoms with Crippen LogP contribution in [0.1, 0.15) is 11.3 Å². The predicted molar refractivity (Wildman–Crippen MR) is 61.3 cm³/mol. The average Bonchev–Trinajstić information content (AvgIpc) is 2.59. The van der Waals surface area contributed by atoms with E-state index >= 15 is 0 Å². The lowest BCUT2D eigenvalue weighted by Gasteiger charge is -2.04. The van der Waals surface area contributed by atoms with Crippen LogP contribution in [-0.4, -0.2) is 21.9 Å². The second kappa shape index (κ2) is 4.22. The molecule has 2 N–H and O–H groups in total. The molecule has 84 valence electrons. The summed E-state index contributed by atoms with van der Waals surface area (Å²) in [6.45, 7) is 2.54. The van der Waals surface area contributed by atoms with Gasteiger partial charge in [0.25, 0.3) is 0 Å². The molecule has 2 aromatic rings. The van der Waals surface area contributed by atoms with Crippen LogP contribution >= 0.6 is 0 Å². The lowest BCUT2D eigenvalue weighted by Crippen LogP contribution is -2.06. The van der Waals surface area contributed by atoms with Crippen molar-refractivity contribution in [1.82, 2.24) is 14.8 Å². The van der Waals surface area contributed by atoms with Crippen LogP contribution in [0.2, 0.25) is 0 Å². The van der Waals surface area contributed by atoms with Gasteiger partial charge in [-0.1, -0.05) is 6.07 Å². The maximum Gasteiger partial charge on any atom is 0.212 e. The summed E-state index contributed by atoms with van der Waals surface area (Å²) in [7, 11) is 1.59. The second-order valence-corrected chi connectivity index (χ2v) is 3.58. The Balaban J connectivity index is 2.17. The normalized spacial score (nSPS) is 10.4. The molecule has 16 heavy (non-hydrogen) atoms. The number of aryl methyl sites for hydroxylation is 1. The third-order valence-electron chi connectivity index (χ3n) is 2.27. The number of ether oxygens (including phenoxy) is 1. The number of nitrogens with zero attached hydrogens (tertiary/aromatic N) is 3. The summed E-state index contributed by atoms with van der Waals surface area (Å²) in [6, 6.07) is 5.61. The van der Waals surface area contributed by atoms with Gasteiger partial charge in [-0.25, -0.2) is 9.67 Å². The number of methoxy groups -OCH3 is 1. The predicted octanol–water partition coefficient (Wildman–Crippen LogP) is 1.23. The fourth-order valence-corrected chi connectivity index (χ4v) is 1.49. The maximum atomic E-state index is 5.80. The molecule has 5 nitrogen and oxygen atoms in total. The van der Waals surface area contributed by atoms with Gasteiger partial charge in [-0.2, -0.15) is 5.10 Å². The maximum absolute atomic E-state index is 5.80. The van der Waals surface area contributed by atoms with Crippen LogP contribution in [-0.2, 0) is 6.54 Å². The van der Waals surface area contributed by atoms with E-state index in [2.05, 4.69) is 10.1 Å². The van der Waals surface area contributed by atoms with Gasteiger partial charge in [0.15, 0.2) is 0 Å². The van der Waals surface area contributed by atoms with E-state index in [0.29, 0.717) is 18.2 Å². The molecule has 0 radical (unpaired) electrons. The first-order valence-electron chi connectivity index (χ1n) is 4.98. The van der Waals surface area contributed by atoms with Crippen LogP contribution < -0.4 is 10.5 Å². The van der Waals surface area contributed by atoms with Crippen molar-refractivity contribution in [3.05, 3.63) is 35.7 Å². The van der Waals surface area contributed by atoms with Gasteiger partial charge < -0.3 is 10.5 Å². The monoisotopic (exact) mass is 218 g/mol. The smallest absolute Gasteiger partial charge is 0.212 e. The van der Waals surface area contributed by atoms with Crippen molar-refractivity contribution < 1.29 is 4.74 Å². The lowest BCUT2D eigenvalue weighted by molar-refractivity contribution is 0.397. The molecule has 0 saturated heterocycles. The number of nitrogen functional groups attached to an aromatic ring is 1. The zero-order valence-corrected chi connectivity index (χ0v) is 9.34. The third kappa shape index (κ3) is 2.13. The van der Waals surface area contributed by atoms with E-state index in [1.165, 1.54) is 0 Å². The zero-order valence-electron chi connectivity index (χ0n) is 9.34. The highest BCUT2D eigenvalue weighted by molar-refractivity contribution is 5.31. The van der Waals surface area contributed by atoms with E-state index in [9.17, 15) is 0 Å². The van der Waals surface area contributed by atoms with Gasteiger partial charge in [-0.15, -0.1) is 0 Å². The number of anilines is 1. The minimum absolute atomic E-state index is 0.605. The molecular formula is C11H14N4O. The summed E-state index contributed by atoms with van der Waals surface area (Å²) in [4.78, 5) is 4.13. The van der Waals surface area contributed by atoms with Gasteiger partial charge in [0.1, 0.15) is 5.82 Å². The van der Waals surface area contributed by atoms with Gasteiger partial charge in [0, 0.05) is 18.3 Å². The van der Waals surface area contributed by atoms with Crippen LogP contribution in [0.25, 0.3) is 0 Å². The lowest BCUT2D eigenvalue weighted by atomic mass is 10.3. The Hall–Kier alpha value is -2.04. The van der Waals surface area contributed by atoms with Gasteiger partial charge in [0.05, 0.1) is 19.3 Å². The van der Waals surface area contributed by atoms with Crippen LogP contribution in [0.5, 0.6) is 5.88 Å². The molecule has 2 heterocycles. The highest BCUT2D eigenvalue weighted by Gasteiger charge is 2.03. The first-order chi connectivity index (χ1) is 7.69. The molecule has 5 heteroatoms. The molecule has 0 unspecified atom stereocenters. The molecule has 0 fully saturated rings. The third-order valence-corrected chi connectivity index (χ3v) is 2.27. The Labute approximate surface area is 93.9 Å². The summed E-state index contributed by atoms with van der Waals surface area (Å²) >= 11 is 0. The number of hydrogen-bond acceptors (Lipinski definition) is 4. The number of pyridine rings is 1. The SMILES string of the molecule is COc1ccc(Cn2nc(C)cc2N)cn1. The number of aromatic nitrogens is 3. The van der Waals surface area contributed by atoms with Gasteiger partial charge in [-0.05, 0) is 12.5 Å². The first kappa shape index (κ1) is 10.5. The molecule has 0 aromatic carbocycles. The topological polar surface area (TPSA) is 66.0 Å². The molecular weight excluding hydrogens is 204 g/mol. The number of nitrogens with two attached hydrogens (primary N) is 1. The van der Waals surface area contributed by atoms with Crippen molar-refractivity contribution in [2.75, 3.05) is 12.8 Å². The van der Waals surface area contributed by atoms with Crippen molar-refractivity contribution in [1.29, 1.82) is 0 Å². The van der Waals surface area contributed by atoms with Crippen molar-refractivity contribution in [3.8, 4) is 5.88 Å². The Bertz CT molecular complexity index is 475. The Kier molecular flexibility index (Phi) is 2.76. The molecule has 0 bridgehead atoms. The van der Waals surface area contributed by atoms with Crippen LogP contribution in [0.4, 0.5) is 5.82 Å². The number of rotatable bonds is 3. The standard InChI is InChI=1S/C11H14N4O/c1-8-5-10(12)15(14-8)7-9-3-4-11(16-2)13-6-9/h3-6H,7,12H2,1-2H3. The summed E-state index contributed by atoms with van der Waals surface area (Å²) in [6.07, 6.45) is 1.76. The molecule has 2 aromatic heterocycles. The van der Waals surface area contributed by atoms with Crippen molar-refractivity contribution in [3.63, 3.8) is 0 Å². The fraction of sp³-hybridized carbons (Fsp3) is 0.273. The molecule has 0 aliphatic carbocycles. The molecule has 0 amide bonds. The Morgan fingerprint density at radius 1 is 1.44 bits per heavy atom. The van der Waals surface area contributed by atoms with E-state index in [0.717, 1.165) is 11.3 Å². The summed E-state index contributed by atoms with van der Waals surface area (Å²) in [5, 5.41) is 4.28. The summed E-state index contributed by atoms with van der Waals surface area (Å²) < 4.78 is 6.74. The largest absolute Gasteiger partial charge is 0.481 e. The summed E-state index contributed by atoms with van der Waals surface area (Å²) in [5.41, 5.74) is 7.75.